The van der Waals surface area contributed by atoms with Crippen LogP contribution < -0.4 is 0 Å². The van der Waals surface area contributed by atoms with Crippen molar-refractivity contribution >= 4 is 43.6 Å². The van der Waals surface area contributed by atoms with Gasteiger partial charge in [0.15, 0.2) is 0 Å². The molecule has 50 heavy (non-hydrogen) atoms. The SMILES string of the molecule is N#Cc1ccc(-n2c3ccccc3c3ccccc32)c(-c2ccccc2-c2cccc(-n3c4ccc(C#N)cc4c4cc(C#N)ccc43)c2)c1. The van der Waals surface area contributed by atoms with Gasteiger partial charge in [-0.3, -0.25) is 0 Å². The third kappa shape index (κ3) is 4.38. The number of benzene rings is 7. The lowest BCUT2D eigenvalue weighted by Crippen LogP contribution is -1.99. The van der Waals surface area contributed by atoms with E-state index in [4.69, 9.17) is 0 Å². The number of rotatable bonds is 4. The van der Waals surface area contributed by atoms with Crippen molar-refractivity contribution in [3.63, 3.8) is 0 Å². The van der Waals surface area contributed by atoms with Crippen LogP contribution >= 0.6 is 0 Å². The van der Waals surface area contributed by atoms with Crippen LogP contribution in [0.3, 0.4) is 0 Å². The molecule has 230 valence electrons. The van der Waals surface area contributed by atoms with E-state index in [9.17, 15) is 15.8 Å². The highest BCUT2D eigenvalue weighted by Gasteiger charge is 2.19. The van der Waals surface area contributed by atoms with E-state index in [0.717, 1.165) is 66.5 Å². The average Bonchev–Trinajstić information content (AvgIpc) is 3.69. The zero-order valence-electron chi connectivity index (χ0n) is 26.7. The van der Waals surface area contributed by atoms with Crippen LogP contribution in [-0.4, -0.2) is 9.13 Å². The van der Waals surface area contributed by atoms with Gasteiger partial charge in [0.05, 0.1) is 62.7 Å². The minimum Gasteiger partial charge on any atom is -0.309 e. The second-order valence-electron chi connectivity index (χ2n) is 12.3. The normalized spacial score (nSPS) is 11.1. The lowest BCUT2D eigenvalue weighted by Gasteiger charge is -2.18. The Balaban J connectivity index is 1.28. The Morgan fingerprint density at radius 1 is 0.360 bits per heavy atom. The molecule has 0 bridgehead atoms. The van der Waals surface area contributed by atoms with E-state index >= 15 is 0 Å². The van der Waals surface area contributed by atoms with Gasteiger partial charge in [0.25, 0.3) is 0 Å². The summed E-state index contributed by atoms with van der Waals surface area (Å²) in [6.07, 6.45) is 0. The molecular formula is C45H25N5. The molecule has 9 aromatic rings. The van der Waals surface area contributed by atoms with Gasteiger partial charge in [0.1, 0.15) is 0 Å². The van der Waals surface area contributed by atoms with Gasteiger partial charge in [-0.1, -0.05) is 72.8 Å². The van der Waals surface area contributed by atoms with Gasteiger partial charge in [-0.15, -0.1) is 0 Å². The molecule has 0 N–H and O–H groups in total. The third-order valence-electron chi connectivity index (χ3n) is 9.60. The molecule has 0 aliphatic rings. The molecule has 5 heteroatoms. The van der Waals surface area contributed by atoms with Crippen LogP contribution in [0.5, 0.6) is 0 Å². The number of aromatic nitrogens is 2. The molecule has 5 nitrogen and oxygen atoms in total. The molecule has 0 unspecified atom stereocenters. The number of nitriles is 3. The van der Waals surface area contributed by atoms with Crippen LogP contribution in [0.25, 0.3) is 77.2 Å². The molecular weight excluding hydrogens is 611 g/mol. The summed E-state index contributed by atoms with van der Waals surface area (Å²) >= 11 is 0. The highest BCUT2D eigenvalue weighted by molar-refractivity contribution is 6.11. The first-order valence-electron chi connectivity index (χ1n) is 16.3. The third-order valence-corrected chi connectivity index (χ3v) is 9.60. The summed E-state index contributed by atoms with van der Waals surface area (Å²) in [7, 11) is 0. The van der Waals surface area contributed by atoms with E-state index in [1.807, 2.05) is 60.7 Å². The maximum atomic E-state index is 10.0. The molecule has 0 atom stereocenters. The van der Waals surface area contributed by atoms with E-state index in [1.54, 1.807) is 0 Å². The zero-order chi connectivity index (χ0) is 33.8. The van der Waals surface area contributed by atoms with Crippen LogP contribution in [0.4, 0.5) is 0 Å². The van der Waals surface area contributed by atoms with Crippen LogP contribution in [0.1, 0.15) is 16.7 Å². The maximum Gasteiger partial charge on any atom is 0.0991 e. The van der Waals surface area contributed by atoms with Gasteiger partial charge in [-0.2, -0.15) is 15.8 Å². The summed E-state index contributed by atoms with van der Waals surface area (Å²) in [5.41, 5.74) is 11.8. The maximum absolute atomic E-state index is 10.0. The summed E-state index contributed by atoms with van der Waals surface area (Å²) in [5.74, 6) is 0. The van der Waals surface area contributed by atoms with Crippen LogP contribution in [0, 0.1) is 34.0 Å². The zero-order valence-corrected chi connectivity index (χ0v) is 26.7. The number of hydrogen-bond acceptors (Lipinski definition) is 3. The summed E-state index contributed by atoms with van der Waals surface area (Å²) in [4.78, 5) is 0. The number of hydrogen-bond donors (Lipinski definition) is 0. The standard InChI is InChI=1S/C45H25N5/c46-26-29-18-21-45(50-41-14-5-3-12-36(41)37-13-4-6-15-42(37)50)38(22-29)35-11-2-1-10-34(35)32-8-7-9-33(25-32)49-43-19-16-30(27-47)23-39(43)40-24-31(28-48)17-20-44(40)49/h1-25H. The van der Waals surface area contributed by atoms with Crippen molar-refractivity contribution in [1.82, 2.24) is 9.13 Å². The first-order valence-corrected chi connectivity index (χ1v) is 16.3. The second kappa shape index (κ2) is 11.4. The van der Waals surface area contributed by atoms with Crippen molar-refractivity contribution < 1.29 is 0 Å². The highest BCUT2D eigenvalue weighted by atomic mass is 15.0. The summed E-state index contributed by atoms with van der Waals surface area (Å²) in [6, 6.07) is 57.9. The van der Waals surface area contributed by atoms with E-state index < -0.39 is 0 Å². The predicted molar refractivity (Wildman–Crippen MR) is 200 cm³/mol. The Labute approximate surface area is 287 Å². The van der Waals surface area contributed by atoms with Gasteiger partial charge < -0.3 is 9.13 Å². The fourth-order valence-electron chi connectivity index (χ4n) is 7.42. The molecule has 0 spiro atoms. The molecule has 2 heterocycles. The van der Waals surface area contributed by atoms with E-state index in [2.05, 4.69) is 118 Å². The number of nitrogens with zero attached hydrogens (tertiary/aromatic N) is 5. The molecule has 0 saturated heterocycles. The molecule has 0 fully saturated rings. The summed E-state index contributed by atoms with van der Waals surface area (Å²) in [6.45, 7) is 0. The number of fused-ring (bicyclic) bond motifs is 6. The van der Waals surface area contributed by atoms with Crippen molar-refractivity contribution in [2.45, 2.75) is 0 Å². The monoisotopic (exact) mass is 635 g/mol. The van der Waals surface area contributed by atoms with Crippen LogP contribution in [-0.2, 0) is 0 Å². The fourth-order valence-corrected chi connectivity index (χ4v) is 7.42. The first-order chi connectivity index (χ1) is 24.7. The lowest BCUT2D eigenvalue weighted by molar-refractivity contribution is 1.18. The number of para-hydroxylation sites is 2. The van der Waals surface area contributed by atoms with Gasteiger partial charge in [0.2, 0.25) is 0 Å². The quantitative estimate of drug-likeness (QED) is 0.193. The molecule has 0 saturated carbocycles. The summed E-state index contributed by atoms with van der Waals surface area (Å²) in [5, 5.41) is 33.6. The lowest BCUT2D eigenvalue weighted by atomic mass is 9.92. The first kappa shape index (κ1) is 28.8. The van der Waals surface area contributed by atoms with Crippen LogP contribution in [0.2, 0.25) is 0 Å². The molecule has 0 aliphatic carbocycles. The smallest absolute Gasteiger partial charge is 0.0991 e. The van der Waals surface area contributed by atoms with Crippen molar-refractivity contribution in [3.8, 4) is 51.8 Å². The van der Waals surface area contributed by atoms with Crippen molar-refractivity contribution in [1.29, 1.82) is 15.8 Å². The minimum atomic E-state index is 0.570. The second-order valence-corrected chi connectivity index (χ2v) is 12.3. The van der Waals surface area contributed by atoms with E-state index in [1.165, 1.54) is 10.8 Å². The average molecular weight is 636 g/mol. The Morgan fingerprint density at radius 2 is 0.880 bits per heavy atom. The van der Waals surface area contributed by atoms with Gasteiger partial charge in [-0.25, -0.2) is 0 Å². The minimum absolute atomic E-state index is 0.570. The molecule has 9 rings (SSSR count). The van der Waals surface area contributed by atoms with Gasteiger partial charge in [0, 0.05) is 32.8 Å². The Bertz CT molecular complexity index is 2850. The van der Waals surface area contributed by atoms with Crippen molar-refractivity contribution in [2.24, 2.45) is 0 Å². The Kier molecular flexibility index (Phi) is 6.56. The Hall–Kier alpha value is -7.39. The van der Waals surface area contributed by atoms with Gasteiger partial charge >= 0.3 is 0 Å². The molecule has 0 aliphatic heterocycles. The van der Waals surface area contributed by atoms with Gasteiger partial charge in [-0.05, 0) is 95.6 Å². The van der Waals surface area contributed by atoms with Crippen molar-refractivity contribution in [2.75, 3.05) is 0 Å². The van der Waals surface area contributed by atoms with E-state index in [0.29, 0.717) is 16.7 Å². The highest BCUT2D eigenvalue weighted by Crippen LogP contribution is 2.41. The van der Waals surface area contributed by atoms with Crippen molar-refractivity contribution in [3.05, 3.63) is 168 Å². The summed E-state index contributed by atoms with van der Waals surface area (Å²) < 4.78 is 4.50. The fraction of sp³-hybridized carbons (Fsp3) is 0. The molecule has 7 aromatic carbocycles. The Morgan fingerprint density at radius 3 is 1.50 bits per heavy atom. The molecule has 2 aromatic heterocycles. The van der Waals surface area contributed by atoms with Crippen LogP contribution in [0.15, 0.2) is 152 Å². The predicted octanol–water partition coefficient (Wildman–Crippen LogP) is 10.8. The van der Waals surface area contributed by atoms with E-state index in [-0.39, 0.29) is 0 Å². The topological polar surface area (TPSA) is 81.2 Å². The largest absolute Gasteiger partial charge is 0.309 e. The molecule has 0 amide bonds. The molecule has 0 radical (unpaired) electrons.